The Hall–Kier alpha value is -1.35. The van der Waals surface area contributed by atoms with E-state index in [9.17, 15) is 4.79 Å². The highest BCUT2D eigenvalue weighted by molar-refractivity contribution is 5.93. The Balaban J connectivity index is 2.55. The Bertz CT molecular complexity index is 272. The number of nitrogens with one attached hydrogen (secondary N) is 1. The van der Waals surface area contributed by atoms with Crippen LogP contribution in [0.1, 0.15) is 6.42 Å². The average Bonchev–Trinajstić information content (AvgIpc) is 2.18. The first-order chi connectivity index (χ1) is 6.24. The number of carbonyl (C=O) groups is 1. The van der Waals surface area contributed by atoms with Crippen molar-refractivity contribution in [1.82, 2.24) is 0 Å². The molecule has 0 bridgehead atoms. The van der Waals surface area contributed by atoms with Crippen LogP contribution in [-0.4, -0.2) is 17.1 Å². The molecule has 3 heteroatoms. The van der Waals surface area contributed by atoms with E-state index in [-0.39, 0.29) is 6.42 Å². The minimum atomic E-state index is -1.03. The van der Waals surface area contributed by atoms with E-state index in [1.54, 1.807) is 12.1 Å². The SMILES string of the molecule is [CH2]CC(O)C(=O)Nc1ccccc1. The van der Waals surface area contributed by atoms with Crippen molar-refractivity contribution in [2.24, 2.45) is 0 Å². The first kappa shape index (κ1) is 9.74. The number of hydrogen-bond donors (Lipinski definition) is 2. The summed E-state index contributed by atoms with van der Waals surface area (Å²) in [5.74, 6) is -0.416. The lowest BCUT2D eigenvalue weighted by Crippen LogP contribution is -2.26. The number of benzene rings is 1. The van der Waals surface area contributed by atoms with Crippen molar-refractivity contribution in [2.45, 2.75) is 12.5 Å². The Kier molecular flexibility index (Phi) is 3.46. The van der Waals surface area contributed by atoms with Crippen molar-refractivity contribution < 1.29 is 9.90 Å². The fraction of sp³-hybridized carbons (Fsp3) is 0.200. The summed E-state index contributed by atoms with van der Waals surface area (Å²) < 4.78 is 0. The van der Waals surface area contributed by atoms with Gasteiger partial charge in [-0.25, -0.2) is 0 Å². The van der Waals surface area contributed by atoms with Crippen molar-refractivity contribution in [3.63, 3.8) is 0 Å². The molecule has 1 amide bonds. The number of hydrogen-bond acceptors (Lipinski definition) is 2. The maximum absolute atomic E-state index is 11.1. The number of para-hydroxylation sites is 1. The molecule has 13 heavy (non-hydrogen) atoms. The molecule has 0 heterocycles. The number of amides is 1. The summed E-state index contributed by atoms with van der Waals surface area (Å²) in [5, 5.41) is 11.7. The van der Waals surface area contributed by atoms with E-state index >= 15 is 0 Å². The third-order valence-electron chi connectivity index (χ3n) is 1.62. The summed E-state index contributed by atoms with van der Waals surface area (Å²) in [5.41, 5.74) is 0.681. The molecule has 0 saturated carbocycles. The standard InChI is InChI=1S/C10H12NO2/c1-2-9(12)10(13)11-8-6-4-3-5-7-8/h3-7,9,12H,1-2H2,(H,11,13). The predicted molar refractivity (Wildman–Crippen MR) is 51.1 cm³/mol. The Labute approximate surface area is 77.4 Å². The summed E-state index contributed by atoms with van der Waals surface area (Å²) >= 11 is 0. The van der Waals surface area contributed by atoms with Crippen molar-refractivity contribution in [3.05, 3.63) is 37.3 Å². The second-order valence-corrected chi connectivity index (χ2v) is 2.66. The van der Waals surface area contributed by atoms with Gasteiger partial charge < -0.3 is 10.4 Å². The smallest absolute Gasteiger partial charge is 0.253 e. The maximum Gasteiger partial charge on any atom is 0.253 e. The summed E-state index contributed by atoms with van der Waals surface area (Å²) in [4.78, 5) is 11.1. The van der Waals surface area contributed by atoms with Crippen LogP contribution in [0.2, 0.25) is 0 Å². The highest BCUT2D eigenvalue weighted by Crippen LogP contribution is 2.05. The quantitative estimate of drug-likeness (QED) is 0.730. The van der Waals surface area contributed by atoms with Crippen LogP contribution in [0, 0.1) is 6.92 Å². The molecule has 1 atom stereocenters. The molecule has 1 radical (unpaired) electrons. The molecule has 0 aromatic heterocycles. The van der Waals surface area contributed by atoms with Crippen LogP contribution in [0.4, 0.5) is 5.69 Å². The van der Waals surface area contributed by atoms with Gasteiger partial charge in [0.05, 0.1) is 0 Å². The lowest BCUT2D eigenvalue weighted by atomic mass is 10.2. The largest absolute Gasteiger partial charge is 0.383 e. The van der Waals surface area contributed by atoms with E-state index in [0.29, 0.717) is 5.69 Å². The zero-order chi connectivity index (χ0) is 9.68. The molecular weight excluding hydrogens is 166 g/mol. The number of aliphatic hydroxyl groups is 1. The summed E-state index contributed by atoms with van der Waals surface area (Å²) in [6, 6.07) is 8.99. The van der Waals surface area contributed by atoms with Gasteiger partial charge in [-0.15, -0.1) is 0 Å². The third-order valence-corrected chi connectivity index (χ3v) is 1.62. The van der Waals surface area contributed by atoms with Crippen LogP contribution < -0.4 is 5.32 Å². The minimum Gasteiger partial charge on any atom is -0.383 e. The van der Waals surface area contributed by atoms with Gasteiger partial charge in [-0.2, -0.15) is 0 Å². The number of rotatable bonds is 3. The molecule has 0 aliphatic carbocycles. The number of aliphatic hydroxyl groups excluding tert-OH is 1. The van der Waals surface area contributed by atoms with Gasteiger partial charge in [-0.1, -0.05) is 25.1 Å². The molecule has 0 aliphatic heterocycles. The van der Waals surface area contributed by atoms with Crippen molar-refractivity contribution >= 4 is 11.6 Å². The Morgan fingerprint density at radius 3 is 2.62 bits per heavy atom. The van der Waals surface area contributed by atoms with Gasteiger partial charge in [0.15, 0.2) is 0 Å². The Morgan fingerprint density at radius 1 is 1.46 bits per heavy atom. The predicted octanol–water partition coefficient (Wildman–Crippen LogP) is 1.21. The molecule has 0 aliphatic rings. The van der Waals surface area contributed by atoms with E-state index in [0.717, 1.165) is 0 Å². The van der Waals surface area contributed by atoms with Gasteiger partial charge in [0.1, 0.15) is 6.10 Å². The molecule has 0 saturated heterocycles. The summed E-state index contributed by atoms with van der Waals surface area (Å²) in [6.45, 7) is 3.44. The van der Waals surface area contributed by atoms with E-state index in [1.165, 1.54) is 0 Å². The lowest BCUT2D eigenvalue weighted by molar-refractivity contribution is -0.123. The molecule has 2 N–H and O–H groups in total. The van der Waals surface area contributed by atoms with E-state index in [4.69, 9.17) is 5.11 Å². The number of carbonyl (C=O) groups excluding carboxylic acids is 1. The molecule has 0 spiro atoms. The van der Waals surface area contributed by atoms with E-state index in [2.05, 4.69) is 12.2 Å². The summed E-state index contributed by atoms with van der Waals surface area (Å²) in [6.07, 6.45) is -0.848. The van der Waals surface area contributed by atoms with Crippen molar-refractivity contribution in [3.8, 4) is 0 Å². The van der Waals surface area contributed by atoms with E-state index in [1.807, 2.05) is 18.2 Å². The van der Waals surface area contributed by atoms with Gasteiger partial charge in [0.25, 0.3) is 5.91 Å². The van der Waals surface area contributed by atoms with Crippen LogP contribution >= 0.6 is 0 Å². The first-order valence-corrected chi connectivity index (χ1v) is 4.07. The molecule has 1 aromatic rings. The molecule has 1 unspecified atom stereocenters. The fourth-order valence-electron chi connectivity index (χ4n) is 0.878. The molecule has 3 nitrogen and oxygen atoms in total. The van der Waals surface area contributed by atoms with Crippen LogP contribution in [0.25, 0.3) is 0 Å². The highest BCUT2D eigenvalue weighted by Gasteiger charge is 2.11. The second-order valence-electron chi connectivity index (χ2n) is 2.66. The van der Waals surface area contributed by atoms with E-state index < -0.39 is 12.0 Å². The van der Waals surface area contributed by atoms with Gasteiger partial charge in [0.2, 0.25) is 0 Å². The first-order valence-electron chi connectivity index (χ1n) is 4.07. The Morgan fingerprint density at radius 2 is 2.08 bits per heavy atom. The monoisotopic (exact) mass is 178 g/mol. The summed E-state index contributed by atoms with van der Waals surface area (Å²) in [7, 11) is 0. The molecule has 1 rings (SSSR count). The normalized spacial score (nSPS) is 12.2. The zero-order valence-corrected chi connectivity index (χ0v) is 7.23. The van der Waals surface area contributed by atoms with Gasteiger partial charge >= 0.3 is 0 Å². The van der Waals surface area contributed by atoms with Crippen LogP contribution in [0.3, 0.4) is 0 Å². The minimum absolute atomic E-state index is 0.179. The molecular formula is C10H12NO2. The van der Waals surface area contributed by atoms with Gasteiger partial charge in [-0.3, -0.25) is 4.79 Å². The molecule has 1 aromatic carbocycles. The van der Waals surface area contributed by atoms with Crippen molar-refractivity contribution in [1.29, 1.82) is 0 Å². The van der Waals surface area contributed by atoms with Crippen LogP contribution in [-0.2, 0) is 4.79 Å². The van der Waals surface area contributed by atoms with Crippen LogP contribution in [0.15, 0.2) is 30.3 Å². The van der Waals surface area contributed by atoms with Gasteiger partial charge in [-0.05, 0) is 18.6 Å². The number of anilines is 1. The fourth-order valence-corrected chi connectivity index (χ4v) is 0.878. The highest BCUT2D eigenvalue weighted by atomic mass is 16.3. The topological polar surface area (TPSA) is 49.3 Å². The van der Waals surface area contributed by atoms with Crippen LogP contribution in [0.5, 0.6) is 0 Å². The molecule has 69 valence electrons. The average molecular weight is 178 g/mol. The zero-order valence-electron chi connectivity index (χ0n) is 7.23. The second kappa shape index (κ2) is 4.62. The lowest BCUT2D eigenvalue weighted by Gasteiger charge is -2.08. The van der Waals surface area contributed by atoms with Crippen molar-refractivity contribution in [2.75, 3.05) is 5.32 Å². The molecule has 0 fully saturated rings. The maximum atomic E-state index is 11.1. The van der Waals surface area contributed by atoms with Gasteiger partial charge in [0, 0.05) is 5.69 Å². The third kappa shape index (κ3) is 2.87.